The zero-order valence-electron chi connectivity index (χ0n) is 11.8. The Hall–Kier alpha value is -2.09. The molecule has 22 heavy (non-hydrogen) atoms. The molecule has 3 rings (SSSR count). The van der Waals surface area contributed by atoms with E-state index in [1.165, 1.54) is 0 Å². The number of alkyl halides is 2. The van der Waals surface area contributed by atoms with Crippen molar-refractivity contribution in [3.05, 3.63) is 29.7 Å². The Morgan fingerprint density at radius 2 is 2.14 bits per heavy atom. The number of carbonyl (C=O) groups excluding carboxylic acids is 1. The van der Waals surface area contributed by atoms with Gasteiger partial charge in [0, 0.05) is 25.3 Å². The maximum Gasteiger partial charge on any atom is 0.255 e. The second-order valence-electron chi connectivity index (χ2n) is 5.19. The number of fused-ring (bicyclic) bond motifs is 1. The SMILES string of the molecule is O=C(NCC(F)F)c1ccc2nnc(C3CCOCC3)n2c1. The highest BCUT2D eigenvalue weighted by molar-refractivity contribution is 5.94. The molecule has 0 atom stereocenters. The predicted octanol–water partition coefficient (Wildman–Crippen LogP) is 1.62. The lowest BCUT2D eigenvalue weighted by Gasteiger charge is -2.20. The van der Waals surface area contributed by atoms with Crippen LogP contribution in [0.3, 0.4) is 0 Å². The Morgan fingerprint density at radius 3 is 2.86 bits per heavy atom. The van der Waals surface area contributed by atoms with Crippen LogP contribution >= 0.6 is 0 Å². The Bertz CT molecular complexity index is 668. The summed E-state index contributed by atoms with van der Waals surface area (Å²) in [4.78, 5) is 11.9. The van der Waals surface area contributed by atoms with Crippen molar-refractivity contribution in [2.45, 2.75) is 25.2 Å². The lowest BCUT2D eigenvalue weighted by molar-refractivity contribution is 0.0833. The van der Waals surface area contributed by atoms with E-state index in [1.54, 1.807) is 22.7 Å². The molecular weight excluding hydrogens is 294 g/mol. The summed E-state index contributed by atoms with van der Waals surface area (Å²) in [6.45, 7) is 0.689. The van der Waals surface area contributed by atoms with Crippen LogP contribution in [0.2, 0.25) is 0 Å². The number of ether oxygens (including phenoxy) is 1. The number of halogens is 2. The van der Waals surface area contributed by atoms with Crippen molar-refractivity contribution < 1.29 is 18.3 Å². The molecule has 0 unspecified atom stereocenters. The summed E-state index contributed by atoms with van der Waals surface area (Å²) in [5, 5.41) is 10.5. The van der Waals surface area contributed by atoms with Crippen molar-refractivity contribution in [2.75, 3.05) is 19.8 Å². The summed E-state index contributed by atoms with van der Waals surface area (Å²) < 4.78 is 31.4. The van der Waals surface area contributed by atoms with Crippen molar-refractivity contribution in [3.8, 4) is 0 Å². The van der Waals surface area contributed by atoms with Gasteiger partial charge < -0.3 is 10.1 Å². The monoisotopic (exact) mass is 310 g/mol. The average Bonchev–Trinajstić information content (AvgIpc) is 2.96. The van der Waals surface area contributed by atoms with Crippen LogP contribution in [0.4, 0.5) is 8.78 Å². The zero-order valence-corrected chi connectivity index (χ0v) is 11.8. The van der Waals surface area contributed by atoms with E-state index < -0.39 is 18.9 Å². The van der Waals surface area contributed by atoms with Crippen molar-refractivity contribution in [1.29, 1.82) is 0 Å². The number of hydrogen-bond donors (Lipinski definition) is 1. The van der Waals surface area contributed by atoms with Crippen molar-refractivity contribution in [2.24, 2.45) is 0 Å². The minimum Gasteiger partial charge on any atom is -0.381 e. The van der Waals surface area contributed by atoms with E-state index in [0.29, 0.717) is 24.4 Å². The molecule has 1 aliphatic heterocycles. The zero-order chi connectivity index (χ0) is 15.5. The van der Waals surface area contributed by atoms with Crippen molar-refractivity contribution >= 4 is 11.6 Å². The van der Waals surface area contributed by atoms with E-state index in [9.17, 15) is 13.6 Å². The van der Waals surface area contributed by atoms with Gasteiger partial charge in [-0.2, -0.15) is 0 Å². The summed E-state index contributed by atoms with van der Waals surface area (Å²) in [5.41, 5.74) is 0.938. The van der Waals surface area contributed by atoms with Gasteiger partial charge >= 0.3 is 0 Å². The Balaban J connectivity index is 1.86. The smallest absolute Gasteiger partial charge is 0.255 e. The Labute approximate surface area is 125 Å². The van der Waals surface area contributed by atoms with Gasteiger partial charge in [-0.3, -0.25) is 9.20 Å². The Kier molecular flexibility index (Phi) is 4.28. The first-order chi connectivity index (χ1) is 10.6. The third-order valence-electron chi connectivity index (χ3n) is 3.69. The number of rotatable bonds is 4. The van der Waals surface area contributed by atoms with Crippen LogP contribution in [0.1, 0.15) is 34.9 Å². The van der Waals surface area contributed by atoms with Crippen LogP contribution in [0.5, 0.6) is 0 Å². The normalized spacial score (nSPS) is 16.3. The molecule has 1 fully saturated rings. The number of hydrogen-bond acceptors (Lipinski definition) is 4. The van der Waals surface area contributed by atoms with Gasteiger partial charge in [0.1, 0.15) is 5.82 Å². The molecule has 2 aromatic heterocycles. The molecule has 8 heteroatoms. The van der Waals surface area contributed by atoms with Gasteiger partial charge in [-0.1, -0.05) is 0 Å². The molecule has 0 saturated carbocycles. The van der Waals surface area contributed by atoms with Gasteiger partial charge in [0.25, 0.3) is 12.3 Å². The maximum absolute atomic E-state index is 12.2. The first kappa shape index (κ1) is 14.8. The Morgan fingerprint density at radius 1 is 1.36 bits per heavy atom. The van der Waals surface area contributed by atoms with E-state index in [4.69, 9.17) is 4.74 Å². The molecule has 0 radical (unpaired) electrons. The standard InChI is InChI=1S/C14H16F2N4O2/c15-11(16)7-17-14(21)10-1-2-12-18-19-13(20(12)8-10)9-3-5-22-6-4-9/h1-2,8-9,11H,3-7H2,(H,17,21). The molecule has 0 aliphatic carbocycles. The summed E-state index contributed by atoms with van der Waals surface area (Å²) in [6, 6.07) is 3.21. The van der Waals surface area contributed by atoms with Gasteiger partial charge in [-0.25, -0.2) is 8.78 Å². The number of nitrogens with one attached hydrogen (secondary N) is 1. The van der Waals surface area contributed by atoms with E-state index in [1.807, 2.05) is 0 Å². The van der Waals surface area contributed by atoms with Gasteiger partial charge in [-0.05, 0) is 25.0 Å². The molecule has 3 heterocycles. The van der Waals surface area contributed by atoms with Gasteiger partial charge in [-0.15, -0.1) is 10.2 Å². The largest absolute Gasteiger partial charge is 0.381 e. The van der Waals surface area contributed by atoms with E-state index in [2.05, 4.69) is 15.5 Å². The molecular formula is C14H16F2N4O2. The molecule has 2 aromatic rings. The molecule has 1 N–H and O–H groups in total. The number of aromatic nitrogens is 3. The van der Waals surface area contributed by atoms with Gasteiger partial charge in [0.05, 0.1) is 12.1 Å². The van der Waals surface area contributed by atoms with Crippen LogP contribution in [-0.4, -0.2) is 46.7 Å². The lowest BCUT2D eigenvalue weighted by atomic mass is 9.99. The first-order valence-corrected chi connectivity index (χ1v) is 7.14. The maximum atomic E-state index is 12.2. The number of carbonyl (C=O) groups is 1. The molecule has 0 spiro atoms. The molecule has 1 saturated heterocycles. The van der Waals surface area contributed by atoms with Crippen LogP contribution in [-0.2, 0) is 4.74 Å². The molecule has 118 valence electrons. The molecule has 0 aromatic carbocycles. The van der Waals surface area contributed by atoms with Gasteiger partial charge in [0.15, 0.2) is 5.65 Å². The number of pyridine rings is 1. The topological polar surface area (TPSA) is 68.5 Å². The van der Waals surface area contributed by atoms with Crippen LogP contribution < -0.4 is 5.32 Å². The van der Waals surface area contributed by atoms with E-state index in [0.717, 1.165) is 18.7 Å². The highest BCUT2D eigenvalue weighted by Gasteiger charge is 2.21. The highest BCUT2D eigenvalue weighted by atomic mass is 19.3. The summed E-state index contributed by atoms with van der Waals surface area (Å²) >= 11 is 0. The molecule has 1 amide bonds. The molecule has 1 aliphatic rings. The third-order valence-corrected chi connectivity index (χ3v) is 3.69. The second-order valence-corrected chi connectivity index (χ2v) is 5.19. The fourth-order valence-corrected chi connectivity index (χ4v) is 2.55. The van der Waals surface area contributed by atoms with Crippen molar-refractivity contribution in [1.82, 2.24) is 19.9 Å². The number of amides is 1. The minimum atomic E-state index is -2.57. The summed E-state index contributed by atoms with van der Waals surface area (Å²) in [6.07, 6.45) is 0.729. The van der Waals surface area contributed by atoms with Crippen LogP contribution in [0.15, 0.2) is 18.3 Å². The summed E-state index contributed by atoms with van der Waals surface area (Å²) in [7, 11) is 0. The van der Waals surface area contributed by atoms with Gasteiger partial charge in [0.2, 0.25) is 0 Å². The second kappa shape index (κ2) is 6.35. The summed E-state index contributed by atoms with van der Waals surface area (Å²) in [5.74, 6) is 0.471. The first-order valence-electron chi connectivity index (χ1n) is 7.14. The fourth-order valence-electron chi connectivity index (χ4n) is 2.55. The highest BCUT2D eigenvalue weighted by Crippen LogP contribution is 2.25. The fraction of sp³-hybridized carbons (Fsp3) is 0.500. The van der Waals surface area contributed by atoms with Crippen molar-refractivity contribution in [3.63, 3.8) is 0 Å². The number of nitrogens with zero attached hydrogens (tertiary/aromatic N) is 3. The van der Waals surface area contributed by atoms with Crippen LogP contribution in [0.25, 0.3) is 5.65 Å². The molecule has 0 bridgehead atoms. The quantitative estimate of drug-likeness (QED) is 0.932. The van der Waals surface area contributed by atoms with E-state index in [-0.39, 0.29) is 5.92 Å². The predicted molar refractivity (Wildman–Crippen MR) is 74.1 cm³/mol. The third kappa shape index (κ3) is 3.06. The average molecular weight is 310 g/mol. The minimum absolute atomic E-state index is 0.225. The van der Waals surface area contributed by atoms with E-state index >= 15 is 0 Å². The van der Waals surface area contributed by atoms with Crippen LogP contribution in [0, 0.1) is 0 Å². The lowest BCUT2D eigenvalue weighted by Crippen LogP contribution is -2.28. The molecule has 6 nitrogen and oxygen atoms in total.